The highest BCUT2D eigenvalue weighted by molar-refractivity contribution is 8.01. The number of fused-ring (bicyclic) bond motifs is 2. The maximum atomic E-state index is 14.5. The summed E-state index contributed by atoms with van der Waals surface area (Å²) < 4.78 is 29.0. The number of benzene rings is 3. The number of hydrogen-bond acceptors (Lipinski definition) is 3. The molecule has 1 atom stereocenters. The zero-order valence-electron chi connectivity index (χ0n) is 19.7. The van der Waals surface area contributed by atoms with Crippen molar-refractivity contribution in [1.82, 2.24) is 4.90 Å². The van der Waals surface area contributed by atoms with Crippen molar-refractivity contribution in [3.05, 3.63) is 94.0 Å². The van der Waals surface area contributed by atoms with Gasteiger partial charge in [0.05, 0.1) is 12.2 Å². The summed E-state index contributed by atoms with van der Waals surface area (Å²) in [6, 6.07) is 14.5. The fourth-order valence-corrected chi connectivity index (χ4v) is 6.19. The SMILES string of the molecule is Cc1ccc2c(c1)[C@]1(SCCN1C(=O)Nc1ccc(C)c(C)c1)C(=O)N2Cc1c(F)cccc1F. The lowest BCUT2D eigenvalue weighted by atomic mass is 10.0. The van der Waals surface area contributed by atoms with Gasteiger partial charge >= 0.3 is 6.03 Å². The number of nitrogens with one attached hydrogen (secondary N) is 1. The molecule has 35 heavy (non-hydrogen) atoms. The number of amides is 3. The highest BCUT2D eigenvalue weighted by Gasteiger charge is 2.59. The summed E-state index contributed by atoms with van der Waals surface area (Å²) in [5.41, 5.74) is 4.77. The lowest BCUT2D eigenvalue weighted by molar-refractivity contribution is -0.123. The summed E-state index contributed by atoms with van der Waals surface area (Å²) in [5.74, 6) is -1.24. The minimum Gasteiger partial charge on any atom is -0.308 e. The molecule has 3 amide bonds. The molecule has 180 valence electrons. The zero-order valence-corrected chi connectivity index (χ0v) is 20.5. The van der Waals surface area contributed by atoms with Gasteiger partial charge in [-0.05, 0) is 62.2 Å². The monoisotopic (exact) mass is 493 g/mol. The molecule has 1 spiro atoms. The number of carbonyl (C=O) groups is 2. The fourth-order valence-electron chi connectivity index (χ4n) is 4.74. The number of halogens is 2. The number of urea groups is 1. The van der Waals surface area contributed by atoms with Gasteiger partial charge in [-0.3, -0.25) is 9.69 Å². The standard InChI is InChI=1S/C27H25F2N3O2S/c1-16-7-10-24-21(13-16)27(25(33)31(24)15-20-22(28)5-4-6-23(20)29)32(11-12-35-27)26(34)30-19-9-8-17(2)18(3)14-19/h4-10,13-14H,11-12,15H2,1-3H3,(H,30,34)/t27-/m0/s1. The van der Waals surface area contributed by atoms with E-state index in [0.717, 1.165) is 16.7 Å². The molecule has 0 aromatic heterocycles. The van der Waals surface area contributed by atoms with Crippen LogP contribution >= 0.6 is 11.8 Å². The number of hydrogen-bond donors (Lipinski definition) is 1. The Bertz CT molecular complexity index is 1340. The van der Waals surface area contributed by atoms with Crippen molar-refractivity contribution in [2.75, 3.05) is 22.5 Å². The second-order valence-electron chi connectivity index (χ2n) is 8.99. The third-order valence-electron chi connectivity index (χ3n) is 6.73. The number of rotatable bonds is 3. The van der Waals surface area contributed by atoms with E-state index in [2.05, 4.69) is 5.32 Å². The van der Waals surface area contributed by atoms with Crippen molar-refractivity contribution < 1.29 is 18.4 Å². The predicted octanol–water partition coefficient (Wildman–Crippen LogP) is 5.87. The number of nitrogens with zero attached hydrogens (tertiary/aromatic N) is 2. The van der Waals surface area contributed by atoms with E-state index in [1.807, 2.05) is 51.1 Å². The van der Waals surface area contributed by atoms with Gasteiger partial charge in [0, 0.05) is 29.1 Å². The van der Waals surface area contributed by atoms with Gasteiger partial charge in [0.2, 0.25) is 0 Å². The molecule has 8 heteroatoms. The van der Waals surface area contributed by atoms with E-state index in [9.17, 15) is 18.4 Å². The van der Waals surface area contributed by atoms with Gasteiger partial charge in [-0.15, -0.1) is 11.8 Å². The van der Waals surface area contributed by atoms with E-state index < -0.39 is 22.5 Å². The number of anilines is 2. The molecular weight excluding hydrogens is 468 g/mol. The Hall–Kier alpha value is -3.39. The molecule has 1 fully saturated rings. The molecule has 0 radical (unpaired) electrons. The maximum absolute atomic E-state index is 14.5. The van der Waals surface area contributed by atoms with E-state index in [1.54, 1.807) is 11.0 Å². The molecule has 3 aromatic carbocycles. The molecule has 3 aromatic rings. The molecule has 0 bridgehead atoms. The highest BCUT2D eigenvalue weighted by atomic mass is 32.2. The summed E-state index contributed by atoms with van der Waals surface area (Å²) >= 11 is 1.37. The largest absolute Gasteiger partial charge is 0.323 e. The van der Waals surface area contributed by atoms with Crippen molar-refractivity contribution in [2.24, 2.45) is 0 Å². The molecule has 0 aliphatic carbocycles. The smallest absolute Gasteiger partial charge is 0.308 e. The first-order chi connectivity index (χ1) is 16.7. The van der Waals surface area contributed by atoms with Crippen LogP contribution in [0.15, 0.2) is 54.6 Å². The van der Waals surface area contributed by atoms with E-state index >= 15 is 0 Å². The first kappa shape index (κ1) is 23.4. The Morgan fingerprint density at radius 1 is 1.03 bits per heavy atom. The van der Waals surface area contributed by atoms with E-state index in [0.29, 0.717) is 29.2 Å². The summed E-state index contributed by atoms with van der Waals surface area (Å²) in [7, 11) is 0. The third-order valence-corrected chi connectivity index (χ3v) is 8.15. The molecule has 0 saturated carbocycles. The Labute approximate surface area is 207 Å². The highest BCUT2D eigenvalue weighted by Crippen LogP contribution is 2.54. The van der Waals surface area contributed by atoms with Crippen LogP contribution in [0.1, 0.15) is 27.8 Å². The minimum atomic E-state index is -1.30. The van der Waals surface area contributed by atoms with E-state index in [4.69, 9.17) is 0 Å². The van der Waals surface area contributed by atoms with Crippen LogP contribution < -0.4 is 10.2 Å². The first-order valence-corrected chi connectivity index (χ1v) is 12.4. The first-order valence-electron chi connectivity index (χ1n) is 11.4. The van der Waals surface area contributed by atoms with Crippen LogP contribution in [0.2, 0.25) is 0 Å². The van der Waals surface area contributed by atoms with Gasteiger partial charge < -0.3 is 10.2 Å². The normalized spacial score (nSPS) is 18.9. The van der Waals surface area contributed by atoms with Crippen molar-refractivity contribution in [1.29, 1.82) is 0 Å². The quantitative estimate of drug-likeness (QED) is 0.497. The van der Waals surface area contributed by atoms with Crippen molar-refractivity contribution in [3.63, 3.8) is 0 Å². The lowest BCUT2D eigenvalue weighted by Crippen LogP contribution is -2.51. The second-order valence-corrected chi connectivity index (χ2v) is 10.3. The summed E-state index contributed by atoms with van der Waals surface area (Å²) in [4.78, 5) is 29.2. The van der Waals surface area contributed by atoms with Gasteiger partial charge in [-0.25, -0.2) is 13.6 Å². The molecule has 2 aliphatic rings. The van der Waals surface area contributed by atoms with Gasteiger partial charge in [0.1, 0.15) is 11.6 Å². The molecule has 2 aliphatic heterocycles. The molecule has 1 N–H and O–H groups in total. The summed E-state index contributed by atoms with van der Waals surface area (Å²) in [6.07, 6.45) is 0. The Kier molecular flexibility index (Phi) is 5.79. The van der Waals surface area contributed by atoms with Gasteiger partial charge in [0.15, 0.2) is 4.87 Å². The van der Waals surface area contributed by atoms with Crippen LogP contribution in [0.5, 0.6) is 0 Å². The lowest BCUT2D eigenvalue weighted by Gasteiger charge is -2.33. The van der Waals surface area contributed by atoms with Crippen LogP contribution in [0, 0.1) is 32.4 Å². The average Bonchev–Trinajstić information content (AvgIpc) is 3.35. The maximum Gasteiger partial charge on any atom is 0.323 e. The predicted molar refractivity (Wildman–Crippen MR) is 135 cm³/mol. The van der Waals surface area contributed by atoms with Gasteiger partial charge in [-0.1, -0.05) is 29.8 Å². The molecule has 1 saturated heterocycles. The summed E-state index contributed by atoms with van der Waals surface area (Å²) in [6.45, 7) is 5.98. The molecule has 5 rings (SSSR count). The molecule has 2 heterocycles. The minimum absolute atomic E-state index is 0.182. The van der Waals surface area contributed by atoms with E-state index in [1.165, 1.54) is 34.9 Å². The Morgan fingerprint density at radius 3 is 2.49 bits per heavy atom. The average molecular weight is 494 g/mol. The second kappa shape index (κ2) is 8.68. The van der Waals surface area contributed by atoms with Crippen LogP contribution in [0.3, 0.4) is 0 Å². The Morgan fingerprint density at radius 2 is 1.77 bits per heavy atom. The number of thioether (sulfide) groups is 1. The van der Waals surface area contributed by atoms with Gasteiger partial charge in [0.25, 0.3) is 5.91 Å². The van der Waals surface area contributed by atoms with Crippen LogP contribution in [-0.2, 0) is 16.2 Å². The van der Waals surface area contributed by atoms with Crippen molar-refractivity contribution >= 4 is 35.1 Å². The molecule has 5 nitrogen and oxygen atoms in total. The fraction of sp³-hybridized carbons (Fsp3) is 0.259. The summed E-state index contributed by atoms with van der Waals surface area (Å²) in [5, 5.41) is 2.93. The van der Waals surface area contributed by atoms with Crippen molar-refractivity contribution in [3.8, 4) is 0 Å². The zero-order chi connectivity index (χ0) is 24.9. The molecule has 0 unspecified atom stereocenters. The van der Waals surface area contributed by atoms with E-state index in [-0.39, 0.29) is 18.0 Å². The van der Waals surface area contributed by atoms with Crippen LogP contribution in [0.4, 0.5) is 25.0 Å². The number of carbonyl (C=O) groups excluding carboxylic acids is 2. The Balaban J connectivity index is 1.55. The van der Waals surface area contributed by atoms with Crippen LogP contribution in [-0.4, -0.2) is 29.1 Å². The third kappa shape index (κ3) is 3.76. The van der Waals surface area contributed by atoms with Crippen LogP contribution in [0.25, 0.3) is 0 Å². The number of aryl methyl sites for hydroxylation is 3. The molecular formula is C27H25F2N3O2S. The topological polar surface area (TPSA) is 52.7 Å². The van der Waals surface area contributed by atoms with Gasteiger partial charge in [-0.2, -0.15) is 0 Å². The van der Waals surface area contributed by atoms with Crippen molar-refractivity contribution in [2.45, 2.75) is 32.2 Å².